The molecule has 2 aromatic rings. The first-order valence-electron chi connectivity index (χ1n) is 8.51. The topological polar surface area (TPSA) is 56.3 Å². The van der Waals surface area contributed by atoms with Gasteiger partial charge in [-0.25, -0.2) is 0 Å². The first-order valence-corrected chi connectivity index (χ1v) is 8.89. The first kappa shape index (κ1) is 16.1. The Kier molecular flexibility index (Phi) is 4.14. The zero-order chi connectivity index (χ0) is 16.7. The number of halogens is 1. The van der Waals surface area contributed by atoms with E-state index in [0.29, 0.717) is 10.6 Å². The quantitative estimate of drug-likeness (QED) is 0.851. The lowest BCUT2D eigenvalue weighted by atomic mass is 9.79. The van der Waals surface area contributed by atoms with Gasteiger partial charge in [-0.1, -0.05) is 16.8 Å². The summed E-state index contributed by atoms with van der Waals surface area (Å²) in [7, 11) is 1.87. The van der Waals surface area contributed by atoms with E-state index in [4.69, 9.17) is 20.9 Å². The van der Waals surface area contributed by atoms with E-state index in [9.17, 15) is 0 Å². The van der Waals surface area contributed by atoms with E-state index >= 15 is 0 Å². The number of likely N-dealkylation sites (tertiary alicyclic amines) is 1. The van der Waals surface area contributed by atoms with Crippen molar-refractivity contribution in [2.24, 2.45) is 12.5 Å². The van der Waals surface area contributed by atoms with Crippen molar-refractivity contribution in [3.8, 4) is 11.4 Å². The number of aromatic nitrogens is 3. The molecule has 2 aliphatic heterocycles. The molecule has 0 radical (unpaired) electrons. The van der Waals surface area contributed by atoms with Gasteiger partial charge in [-0.3, -0.25) is 9.58 Å². The molecule has 6 nitrogen and oxygen atoms in total. The predicted octanol–water partition coefficient (Wildman–Crippen LogP) is 3.04. The molecule has 0 saturated carbocycles. The van der Waals surface area contributed by atoms with Crippen molar-refractivity contribution in [2.45, 2.75) is 32.7 Å². The highest BCUT2D eigenvalue weighted by atomic mass is 35.5. The zero-order valence-electron chi connectivity index (χ0n) is 14.2. The molecule has 2 saturated heterocycles. The molecule has 1 spiro atoms. The lowest BCUT2D eigenvalue weighted by molar-refractivity contribution is 0.0646. The summed E-state index contributed by atoms with van der Waals surface area (Å²) >= 11 is 6.53. The molecule has 130 valence electrons. The van der Waals surface area contributed by atoms with Crippen LogP contribution in [0.2, 0.25) is 5.15 Å². The lowest BCUT2D eigenvalue weighted by Crippen LogP contribution is -2.43. The molecule has 0 aliphatic carbocycles. The number of hydrogen-bond donors (Lipinski definition) is 0. The van der Waals surface area contributed by atoms with Gasteiger partial charge in [0.05, 0.1) is 6.61 Å². The van der Waals surface area contributed by atoms with E-state index < -0.39 is 0 Å². The summed E-state index contributed by atoms with van der Waals surface area (Å²) < 4.78 is 12.6. The van der Waals surface area contributed by atoms with Crippen LogP contribution < -0.4 is 0 Å². The van der Waals surface area contributed by atoms with Crippen molar-refractivity contribution in [3.63, 3.8) is 0 Å². The Morgan fingerprint density at radius 2 is 2.25 bits per heavy atom. The minimum atomic E-state index is 0.331. The minimum absolute atomic E-state index is 0.331. The molecule has 0 amide bonds. The SMILES string of the molecule is Cc1cc(-c2nn(C)c(Cl)c2CN2CCC[C@]3(CCOC3)C2)no1. The molecule has 0 bridgehead atoms. The average Bonchev–Trinajstić information content (AvgIpc) is 3.25. The Morgan fingerprint density at radius 1 is 1.38 bits per heavy atom. The van der Waals surface area contributed by atoms with Gasteiger partial charge in [-0.2, -0.15) is 5.10 Å². The second-order valence-electron chi connectivity index (χ2n) is 7.18. The normalized spacial score (nSPS) is 25.0. The van der Waals surface area contributed by atoms with Crippen LogP contribution in [0.25, 0.3) is 11.4 Å². The fourth-order valence-corrected chi connectivity index (χ4v) is 4.20. The summed E-state index contributed by atoms with van der Waals surface area (Å²) in [5.74, 6) is 0.776. The third-order valence-corrected chi connectivity index (χ3v) is 5.72. The summed E-state index contributed by atoms with van der Waals surface area (Å²) in [5.41, 5.74) is 2.93. The zero-order valence-corrected chi connectivity index (χ0v) is 15.0. The average molecular weight is 351 g/mol. The molecule has 1 atom stereocenters. The van der Waals surface area contributed by atoms with Crippen LogP contribution in [-0.4, -0.2) is 46.1 Å². The van der Waals surface area contributed by atoms with Crippen LogP contribution in [0.4, 0.5) is 0 Å². The van der Waals surface area contributed by atoms with Gasteiger partial charge in [0.2, 0.25) is 0 Å². The third kappa shape index (κ3) is 2.87. The molecular weight excluding hydrogens is 328 g/mol. The first-order chi connectivity index (χ1) is 11.6. The number of ether oxygens (including phenoxy) is 1. The second-order valence-corrected chi connectivity index (χ2v) is 7.54. The molecule has 4 rings (SSSR count). The van der Waals surface area contributed by atoms with Crippen LogP contribution in [0, 0.1) is 12.3 Å². The third-order valence-electron chi connectivity index (χ3n) is 5.25. The largest absolute Gasteiger partial charge is 0.381 e. The van der Waals surface area contributed by atoms with Gasteiger partial charge >= 0.3 is 0 Å². The fourth-order valence-electron chi connectivity index (χ4n) is 4.01. The molecule has 2 fully saturated rings. The van der Waals surface area contributed by atoms with Gasteiger partial charge in [0.1, 0.15) is 22.3 Å². The highest BCUT2D eigenvalue weighted by Crippen LogP contribution is 2.39. The van der Waals surface area contributed by atoms with Crippen molar-refractivity contribution < 1.29 is 9.26 Å². The van der Waals surface area contributed by atoms with Gasteiger partial charge in [-0.15, -0.1) is 0 Å². The Morgan fingerprint density at radius 3 is 2.96 bits per heavy atom. The second kappa shape index (κ2) is 6.17. The molecule has 0 unspecified atom stereocenters. The Labute approximate surface area is 146 Å². The number of aryl methyl sites for hydroxylation is 2. The standard InChI is InChI=1S/C17H23ClN4O2/c1-12-8-14(20-24-12)15-13(16(18)21(2)19-15)9-22-6-3-4-17(10-22)5-7-23-11-17/h8H,3-7,9-11H2,1-2H3/t17-/m0/s1. The van der Waals surface area contributed by atoms with Crippen LogP contribution in [-0.2, 0) is 18.3 Å². The van der Waals surface area contributed by atoms with Crippen molar-refractivity contribution in [3.05, 3.63) is 22.5 Å². The maximum absolute atomic E-state index is 6.53. The summed E-state index contributed by atoms with van der Waals surface area (Å²) in [5, 5.41) is 9.35. The van der Waals surface area contributed by atoms with Gasteiger partial charge in [0, 0.05) is 43.8 Å². The molecule has 2 aliphatic rings. The van der Waals surface area contributed by atoms with Crippen molar-refractivity contribution >= 4 is 11.6 Å². The van der Waals surface area contributed by atoms with E-state index in [1.54, 1.807) is 4.68 Å². The van der Waals surface area contributed by atoms with E-state index in [0.717, 1.165) is 55.6 Å². The monoisotopic (exact) mass is 350 g/mol. The highest BCUT2D eigenvalue weighted by Gasteiger charge is 2.39. The number of piperidine rings is 1. The van der Waals surface area contributed by atoms with E-state index in [2.05, 4.69) is 15.2 Å². The van der Waals surface area contributed by atoms with Gasteiger partial charge in [0.25, 0.3) is 0 Å². The Balaban J connectivity index is 1.60. The summed E-state index contributed by atoms with van der Waals surface area (Å²) in [6.45, 7) is 6.61. The Hall–Kier alpha value is -1.37. The van der Waals surface area contributed by atoms with Crippen LogP contribution >= 0.6 is 11.6 Å². The molecule has 0 aromatic carbocycles. The molecule has 4 heterocycles. The lowest BCUT2D eigenvalue weighted by Gasteiger charge is -2.39. The number of hydrogen-bond acceptors (Lipinski definition) is 5. The maximum Gasteiger partial charge on any atom is 0.134 e. The van der Waals surface area contributed by atoms with Gasteiger partial charge < -0.3 is 9.26 Å². The summed E-state index contributed by atoms with van der Waals surface area (Å²) in [6, 6.07) is 1.91. The smallest absolute Gasteiger partial charge is 0.134 e. The molecule has 24 heavy (non-hydrogen) atoms. The van der Waals surface area contributed by atoms with E-state index in [1.807, 2.05) is 20.0 Å². The molecule has 0 N–H and O–H groups in total. The van der Waals surface area contributed by atoms with Crippen LogP contribution in [0.3, 0.4) is 0 Å². The fraction of sp³-hybridized carbons (Fsp3) is 0.647. The van der Waals surface area contributed by atoms with Gasteiger partial charge in [-0.05, 0) is 32.7 Å². The van der Waals surface area contributed by atoms with Gasteiger partial charge in [0.15, 0.2) is 0 Å². The van der Waals surface area contributed by atoms with E-state index in [-0.39, 0.29) is 0 Å². The van der Waals surface area contributed by atoms with Crippen molar-refractivity contribution in [1.82, 2.24) is 19.8 Å². The highest BCUT2D eigenvalue weighted by molar-refractivity contribution is 6.30. The number of rotatable bonds is 3. The van der Waals surface area contributed by atoms with Crippen LogP contribution in [0.1, 0.15) is 30.6 Å². The van der Waals surface area contributed by atoms with Crippen molar-refractivity contribution in [1.29, 1.82) is 0 Å². The predicted molar refractivity (Wildman–Crippen MR) is 90.8 cm³/mol. The Bertz CT molecular complexity index is 733. The molecular formula is C17H23ClN4O2. The molecule has 7 heteroatoms. The van der Waals surface area contributed by atoms with E-state index in [1.165, 1.54) is 19.3 Å². The summed E-state index contributed by atoms with van der Waals surface area (Å²) in [4.78, 5) is 2.48. The van der Waals surface area contributed by atoms with Crippen LogP contribution in [0.15, 0.2) is 10.6 Å². The maximum atomic E-state index is 6.53. The number of nitrogens with zero attached hydrogens (tertiary/aromatic N) is 4. The molecule has 2 aromatic heterocycles. The van der Waals surface area contributed by atoms with Crippen LogP contribution in [0.5, 0.6) is 0 Å². The van der Waals surface area contributed by atoms with Crippen molar-refractivity contribution in [2.75, 3.05) is 26.3 Å². The minimum Gasteiger partial charge on any atom is -0.381 e. The summed E-state index contributed by atoms with van der Waals surface area (Å²) in [6.07, 6.45) is 3.64.